The summed E-state index contributed by atoms with van der Waals surface area (Å²) in [6.07, 6.45) is 2.19. The van der Waals surface area contributed by atoms with Gasteiger partial charge in [0.25, 0.3) is 0 Å². The first-order valence-electron chi connectivity index (χ1n) is 3.45. The Hall–Kier alpha value is -1.90. The Morgan fingerprint density at radius 2 is 2.31 bits per heavy atom. The number of rotatable bonds is 3. The van der Waals surface area contributed by atoms with Crippen LogP contribution in [0, 0.1) is 21.4 Å². The van der Waals surface area contributed by atoms with Gasteiger partial charge in [-0.2, -0.15) is 5.26 Å². The zero-order valence-corrected chi connectivity index (χ0v) is 7.39. The fraction of sp³-hybridized carbons (Fsp3) is 0.429. The molecule has 0 aliphatic heterocycles. The minimum absolute atomic E-state index is 0.502. The maximum Gasteiger partial charge on any atom is 0.315 e. The number of allylic oxidation sites excluding steroid dienone is 1. The Balaban J connectivity index is 4.42. The lowest BCUT2D eigenvalue weighted by Gasteiger charge is -2.05. The van der Waals surface area contributed by atoms with Crippen molar-refractivity contribution in [1.82, 2.24) is 0 Å². The molecule has 0 aromatic heterocycles. The number of nitrogens with two attached hydrogens (primary N) is 1. The predicted molar refractivity (Wildman–Crippen MR) is 47.4 cm³/mol. The molecule has 0 fully saturated rings. The number of nitriles is 1. The summed E-state index contributed by atoms with van der Waals surface area (Å²) in [5.41, 5.74) is 4.09. The van der Waals surface area contributed by atoms with Crippen LogP contribution in [0.2, 0.25) is 0 Å². The van der Waals surface area contributed by atoms with Gasteiger partial charge in [0.2, 0.25) is 0 Å². The van der Waals surface area contributed by atoms with Crippen LogP contribution in [0.3, 0.4) is 0 Å². The highest BCUT2D eigenvalue weighted by atomic mass is 16.6. The quantitative estimate of drug-likeness (QED) is 0.388. The molecule has 0 radical (unpaired) electrons. The third kappa shape index (κ3) is 4.53. The Bertz CT molecular complexity index is 298. The van der Waals surface area contributed by atoms with Crippen molar-refractivity contribution in [3.8, 4) is 6.07 Å². The highest BCUT2D eigenvalue weighted by Crippen LogP contribution is 2.04. The maximum atomic E-state index is 10.0. The van der Waals surface area contributed by atoms with Crippen LogP contribution >= 0.6 is 0 Å². The summed E-state index contributed by atoms with van der Waals surface area (Å²) >= 11 is 0. The van der Waals surface area contributed by atoms with Crippen LogP contribution in [0.25, 0.3) is 0 Å². The second kappa shape index (κ2) is 4.21. The standard InChI is InChI=1S/C7H10N4O2/c1-7(2,5-8)10-4-3-6(9)11(12)13/h3-4H,9H2,1-2H3/b6-3+,10-4?. The average molecular weight is 182 g/mol. The van der Waals surface area contributed by atoms with Crippen molar-refractivity contribution in [1.29, 1.82) is 5.26 Å². The smallest absolute Gasteiger partial charge is 0.315 e. The van der Waals surface area contributed by atoms with Gasteiger partial charge >= 0.3 is 5.82 Å². The number of aliphatic imine (C=N–C) groups is 1. The number of hydrogen-bond donors (Lipinski definition) is 1. The molecule has 0 aliphatic carbocycles. The molecule has 0 spiro atoms. The fourth-order valence-electron chi connectivity index (χ4n) is 0.390. The zero-order valence-electron chi connectivity index (χ0n) is 7.39. The summed E-state index contributed by atoms with van der Waals surface area (Å²) in [7, 11) is 0. The van der Waals surface area contributed by atoms with E-state index in [1.807, 2.05) is 6.07 Å². The van der Waals surface area contributed by atoms with Crippen molar-refractivity contribution in [2.24, 2.45) is 10.7 Å². The van der Waals surface area contributed by atoms with Gasteiger partial charge in [-0.05, 0) is 18.8 Å². The van der Waals surface area contributed by atoms with Gasteiger partial charge in [0.05, 0.1) is 6.07 Å². The van der Waals surface area contributed by atoms with Gasteiger partial charge in [0.15, 0.2) is 0 Å². The first-order valence-corrected chi connectivity index (χ1v) is 3.45. The lowest BCUT2D eigenvalue weighted by atomic mass is 10.1. The number of hydrogen-bond acceptors (Lipinski definition) is 5. The van der Waals surface area contributed by atoms with E-state index in [0.717, 1.165) is 12.3 Å². The van der Waals surface area contributed by atoms with Crippen LogP contribution in [-0.4, -0.2) is 16.7 Å². The van der Waals surface area contributed by atoms with Crippen molar-refractivity contribution >= 4 is 6.21 Å². The van der Waals surface area contributed by atoms with E-state index in [1.54, 1.807) is 13.8 Å². The highest BCUT2D eigenvalue weighted by Gasteiger charge is 2.11. The molecule has 0 heterocycles. The van der Waals surface area contributed by atoms with Crippen molar-refractivity contribution in [3.05, 3.63) is 22.0 Å². The molecular formula is C7H10N4O2. The Morgan fingerprint density at radius 3 is 2.69 bits per heavy atom. The molecule has 0 saturated carbocycles. The van der Waals surface area contributed by atoms with Gasteiger partial charge in [-0.1, -0.05) is 0 Å². The molecule has 2 N–H and O–H groups in total. The Morgan fingerprint density at radius 1 is 1.77 bits per heavy atom. The lowest BCUT2D eigenvalue weighted by molar-refractivity contribution is -0.426. The average Bonchev–Trinajstić information content (AvgIpc) is 2.04. The van der Waals surface area contributed by atoms with E-state index in [4.69, 9.17) is 11.0 Å². The summed E-state index contributed by atoms with van der Waals surface area (Å²) in [5, 5.41) is 18.5. The molecule has 6 nitrogen and oxygen atoms in total. The van der Waals surface area contributed by atoms with Crippen LogP contribution in [0.5, 0.6) is 0 Å². The van der Waals surface area contributed by atoms with Crippen LogP contribution in [0.4, 0.5) is 0 Å². The van der Waals surface area contributed by atoms with Gasteiger partial charge in [-0.25, -0.2) is 0 Å². The summed E-state index contributed by atoms with van der Waals surface area (Å²) in [5.74, 6) is -0.502. The predicted octanol–water partition coefficient (Wildman–Crippen LogP) is 0.436. The largest absolute Gasteiger partial charge is 0.358 e. The fourth-order valence-corrected chi connectivity index (χ4v) is 0.390. The molecule has 0 rings (SSSR count). The summed E-state index contributed by atoms with van der Waals surface area (Å²) in [6.45, 7) is 3.17. The van der Waals surface area contributed by atoms with Gasteiger partial charge < -0.3 is 10.1 Å². The summed E-state index contributed by atoms with van der Waals surface area (Å²) in [4.78, 5) is 13.0. The third-order valence-corrected chi connectivity index (χ3v) is 1.13. The van der Waals surface area contributed by atoms with Crippen LogP contribution in [0.15, 0.2) is 16.9 Å². The highest BCUT2D eigenvalue weighted by molar-refractivity contribution is 5.72. The van der Waals surface area contributed by atoms with E-state index >= 15 is 0 Å². The van der Waals surface area contributed by atoms with Crippen molar-refractivity contribution in [2.45, 2.75) is 19.4 Å². The minimum Gasteiger partial charge on any atom is -0.358 e. The second-order valence-corrected chi connectivity index (χ2v) is 2.80. The van der Waals surface area contributed by atoms with E-state index in [-0.39, 0.29) is 0 Å². The van der Waals surface area contributed by atoms with Gasteiger partial charge in [0.1, 0.15) is 5.54 Å². The molecule has 0 aromatic rings. The topological polar surface area (TPSA) is 105 Å². The molecule has 0 unspecified atom stereocenters. The van der Waals surface area contributed by atoms with Gasteiger partial charge in [-0.3, -0.25) is 10.7 Å². The molecule has 70 valence electrons. The summed E-state index contributed by atoms with van der Waals surface area (Å²) < 4.78 is 0. The molecule has 0 atom stereocenters. The van der Waals surface area contributed by atoms with Crippen molar-refractivity contribution in [2.75, 3.05) is 0 Å². The first kappa shape index (κ1) is 11.1. The summed E-state index contributed by atoms with van der Waals surface area (Å²) in [6, 6.07) is 1.91. The molecule has 6 heteroatoms. The van der Waals surface area contributed by atoms with Crippen LogP contribution < -0.4 is 5.73 Å². The van der Waals surface area contributed by atoms with Crippen LogP contribution in [0.1, 0.15) is 13.8 Å². The minimum atomic E-state index is -0.882. The molecule has 0 aliphatic rings. The van der Waals surface area contributed by atoms with E-state index in [9.17, 15) is 10.1 Å². The molecular weight excluding hydrogens is 172 g/mol. The van der Waals surface area contributed by atoms with E-state index in [1.165, 1.54) is 0 Å². The Kier molecular flexibility index (Phi) is 3.59. The van der Waals surface area contributed by atoms with Crippen molar-refractivity contribution < 1.29 is 4.92 Å². The monoisotopic (exact) mass is 182 g/mol. The van der Waals surface area contributed by atoms with E-state index in [0.29, 0.717) is 0 Å². The third-order valence-electron chi connectivity index (χ3n) is 1.13. The molecule has 0 saturated heterocycles. The number of nitro groups is 1. The SMILES string of the molecule is CC(C)(C#N)N=C/C=C(\N)[N+](=O)[O-]. The van der Waals surface area contributed by atoms with E-state index < -0.39 is 16.3 Å². The first-order chi connectivity index (χ1) is 5.89. The zero-order chi connectivity index (χ0) is 10.5. The van der Waals surface area contributed by atoms with Crippen LogP contribution in [-0.2, 0) is 0 Å². The Labute approximate surface area is 75.5 Å². The maximum absolute atomic E-state index is 10.0. The van der Waals surface area contributed by atoms with Crippen molar-refractivity contribution in [3.63, 3.8) is 0 Å². The van der Waals surface area contributed by atoms with E-state index in [2.05, 4.69) is 4.99 Å². The van der Waals surface area contributed by atoms with Gasteiger partial charge in [-0.15, -0.1) is 0 Å². The van der Waals surface area contributed by atoms with Gasteiger partial charge in [0, 0.05) is 12.3 Å². The molecule has 0 aromatic carbocycles. The number of nitrogens with zero attached hydrogens (tertiary/aromatic N) is 3. The molecule has 0 bridgehead atoms. The lowest BCUT2D eigenvalue weighted by Crippen LogP contribution is -2.13. The second-order valence-electron chi connectivity index (χ2n) is 2.80. The normalized spacial score (nSPS) is 12.8. The molecule has 0 amide bonds. The molecule has 13 heavy (non-hydrogen) atoms.